The van der Waals surface area contributed by atoms with Gasteiger partial charge in [0.15, 0.2) is 0 Å². The molecule has 3 fully saturated rings. The Labute approximate surface area is 160 Å². The van der Waals surface area contributed by atoms with Crippen molar-refractivity contribution in [2.24, 2.45) is 23.7 Å². The molecule has 1 aliphatic carbocycles. The largest absolute Gasteiger partial charge is 0.339 e. The quantitative estimate of drug-likeness (QED) is 0.751. The Morgan fingerprint density at radius 3 is 2.15 bits per heavy atom. The zero-order chi connectivity index (χ0) is 19.1. The van der Waals surface area contributed by atoms with E-state index < -0.39 is 0 Å². The number of hydrogen-bond acceptors (Lipinski definition) is 3. The van der Waals surface area contributed by atoms with E-state index in [1.165, 1.54) is 4.90 Å². The van der Waals surface area contributed by atoms with Crippen LogP contribution in [0.1, 0.15) is 56.3 Å². The highest BCUT2D eigenvalue weighted by atomic mass is 16.2. The molecule has 3 amide bonds. The van der Waals surface area contributed by atoms with Crippen LogP contribution in [0.3, 0.4) is 0 Å². The lowest BCUT2D eigenvalue weighted by Crippen LogP contribution is -2.38. The summed E-state index contributed by atoms with van der Waals surface area (Å²) in [6, 6.07) is 6.99. The lowest BCUT2D eigenvalue weighted by atomic mass is 9.76. The number of anilines is 1. The number of carbonyl (C=O) groups excluding carboxylic acids is 3. The third kappa shape index (κ3) is 3.28. The fraction of sp³-hybridized carbons (Fsp3) is 0.591. The summed E-state index contributed by atoms with van der Waals surface area (Å²) in [6.45, 7) is 5.97. The second kappa shape index (κ2) is 7.10. The van der Waals surface area contributed by atoms with Crippen molar-refractivity contribution in [1.82, 2.24) is 4.90 Å². The first kappa shape index (κ1) is 18.2. The molecule has 0 aromatic heterocycles. The van der Waals surface area contributed by atoms with Crippen molar-refractivity contribution < 1.29 is 14.4 Å². The van der Waals surface area contributed by atoms with Gasteiger partial charge in [-0.15, -0.1) is 0 Å². The van der Waals surface area contributed by atoms with Crippen LogP contribution in [-0.4, -0.2) is 35.7 Å². The van der Waals surface area contributed by atoms with E-state index in [1.807, 2.05) is 4.90 Å². The van der Waals surface area contributed by atoms with Gasteiger partial charge in [0, 0.05) is 18.7 Å². The first-order chi connectivity index (χ1) is 13.0. The van der Waals surface area contributed by atoms with Crippen LogP contribution in [0.5, 0.6) is 0 Å². The monoisotopic (exact) mass is 368 g/mol. The van der Waals surface area contributed by atoms with Crippen molar-refractivity contribution in [3.8, 4) is 0 Å². The van der Waals surface area contributed by atoms with E-state index in [4.69, 9.17) is 0 Å². The Kier molecular flexibility index (Phi) is 4.79. The number of carbonyl (C=O) groups is 3. The van der Waals surface area contributed by atoms with Gasteiger partial charge < -0.3 is 4.90 Å². The second-order valence-corrected chi connectivity index (χ2v) is 8.66. The molecule has 1 aromatic carbocycles. The molecular weight excluding hydrogens is 340 g/mol. The van der Waals surface area contributed by atoms with E-state index in [0.717, 1.165) is 45.2 Å². The first-order valence-corrected chi connectivity index (χ1v) is 10.2. The zero-order valence-corrected chi connectivity index (χ0v) is 16.2. The van der Waals surface area contributed by atoms with Crippen LogP contribution < -0.4 is 4.90 Å². The molecule has 0 unspecified atom stereocenters. The highest BCUT2D eigenvalue weighted by molar-refractivity contribution is 6.22. The van der Waals surface area contributed by atoms with Gasteiger partial charge in [-0.3, -0.25) is 19.3 Å². The predicted octanol–water partition coefficient (Wildman–Crippen LogP) is 3.48. The minimum atomic E-state index is -0.169. The summed E-state index contributed by atoms with van der Waals surface area (Å²) in [5.74, 6) is 0.741. The van der Waals surface area contributed by atoms with E-state index in [-0.39, 0.29) is 29.6 Å². The number of hydrogen-bond donors (Lipinski definition) is 0. The summed E-state index contributed by atoms with van der Waals surface area (Å²) in [4.78, 5) is 41.5. The second-order valence-electron chi connectivity index (χ2n) is 8.66. The Balaban J connectivity index is 1.50. The van der Waals surface area contributed by atoms with Gasteiger partial charge in [0.2, 0.25) is 11.8 Å². The zero-order valence-electron chi connectivity index (χ0n) is 16.2. The topological polar surface area (TPSA) is 57.7 Å². The Morgan fingerprint density at radius 1 is 0.852 bits per heavy atom. The van der Waals surface area contributed by atoms with Crippen LogP contribution in [0, 0.1) is 23.7 Å². The molecule has 0 spiro atoms. The maximum Gasteiger partial charge on any atom is 0.253 e. The molecule has 5 heteroatoms. The van der Waals surface area contributed by atoms with Gasteiger partial charge in [-0.2, -0.15) is 0 Å². The van der Waals surface area contributed by atoms with Crippen molar-refractivity contribution in [1.29, 1.82) is 0 Å². The molecule has 3 aliphatic rings. The number of likely N-dealkylation sites (tertiary alicyclic amines) is 1. The maximum absolute atomic E-state index is 12.8. The maximum atomic E-state index is 12.8. The first-order valence-electron chi connectivity index (χ1n) is 10.2. The molecule has 1 aromatic rings. The Bertz CT molecular complexity index is 749. The van der Waals surface area contributed by atoms with E-state index in [2.05, 4.69) is 13.8 Å². The molecule has 5 nitrogen and oxygen atoms in total. The van der Waals surface area contributed by atoms with Gasteiger partial charge in [-0.25, -0.2) is 0 Å². The number of imide groups is 1. The highest BCUT2D eigenvalue weighted by Gasteiger charge is 2.49. The number of benzene rings is 1. The number of rotatable bonds is 2. The molecule has 1 saturated carbocycles. The SMILES string of the molecule is CC1CCN(C(=O)c2ccc(N3C(=O)[C@@H]4CC[C@H](C)C[C@H]4C3=O)cc2)CC1. The van der Waals surface area contributed by atoms with Crippen molar-refractivity contribution in [2.75, 3.05) is 18.0 Å². The average molecular weight is 368 g/mol. The third-order valence-electron chi connectivity index (χ3n) is 6.63. The summed E-state index contributed by atoms with van der Waals surface area (Å²) in [5, 5.41) is 0. The number of piperidine rings is 1. The minimum absolute atomic E-state index is 0.0371. The Hall–Kier alpha value is -2.17. The number of amides is 3. The molecule has 3 atom stereocenters. The van der Waals surface area contributed by atoms with E-state index >= 15 is 0 Å². The standard InChI is InChI=1S/C22H28N2O3/c1-14-9-11-23(12-10-14)20(25)16-4-6-17(7-5-16)24-21(26)18-8-3-15(2)13-19(18)22(24)27/h4-7,14-15,18-19H,3,8-13H2,1-2H3/t15-,18+,19+/m0/s1. The van der Waals surface area contributed by atoms with E-state index in [0.29, 0.717) is 23.1 Å². The molecular formula is C22H28N2O3. The van der Waals surface area contributed by atoms with Crippen LogP contribution in [-0.2, 0) is 9.59 Å². The smallest absolute Gasteiger partial charge is 0.253 e. The molecule has 144 valence electrons. The normalized spacial score (nSPS) is 29.2. The summed E-state index contributed by atoms with van der Waals surface area (Å²) >= 11 is 0. The van der Waals surface area contributed by atoms with Crippen LogP contribution in [0.15, 0.2) is 24.3 Å². The Morgan fingerprint density at radius 2 is 1.48 bits per heavy atom. The van der Waals surface area contributed by atoms with Crippen LogP contribution in [0.4, 0.5) is 5.69 Å². The lowest BCUT2D eigenvalue weighted by molar-refractivity contribution is -0.122. The molecule has 2 heterocycles. The minimum Gasteiger partial charge on any atom is -0.339 e. The molecule has 4 rings (SSSR count). The summed E-state index contributed by atoms with van der Waals surface area (Å²) in [5.41, 5.74) is 1.22. The van der Waals surface area contributed by atoms with Gasteiger partial charge in [0.1, 0.15) is 0 Å². The van der Waals surface area contributed by atoms with Crippen molar-refractivity contribution in [2.45, 2.75) is 46.0 Å². The molecule has 27 heavy (non-hydrogen) atoms. The van der Waals surface area contributed by atoms with Gasteiger partial charge in [0.05, 0.1) is 17.5 Å². The molecule has 2 aliphatic heterocycles. The van der Waals surface area contributed by atoms with E-state index in [1.54, 1.807) is 24.3 Å². The molecule has 0 N–H and O–H groups in total. The summed E-state index contributed by atoms with van der Waals surface area (Å²) < 4.78 is 0. The van der Waals surface area contributed by atoms with Gasteiger partial charge >= 0.3 is 0 Å². The van der Waals surface area contributed by atoms with Crippen LogP contribution in [0.25, 0.3) is 0 Å². The van der Waals surface area contributed by atoms with Gasteiger partial charge in [-0.1, -0.05) is 13.8 Å². The molecule has 2 saturated heterocycles. The average Bonchev–Trinajstić information content (AvgIpc) is 2.92. The number of nitrogens with zero attached hydrogens (tertiary/aromatic N) is 2. The highest BCUT2D eigenvalue weighted by Crippen LogP contribution is 2.42. The van der Waals surface area contributed by atoms with Crippen molar-refractivity contribution >= 4 is 23.4 Å². The van der Waals surface area contributed by atoms with Gasteiger partial charge in [0.25, 0.3) is 5.91 Å². The summed E-state index contributed by atoms with van der Waals surface area (Å²) in [7, 11) is 0. The lowest BCUT2D eigenvalue weighted by Gasteiger charge is -2.30. The van der Waals surface area contributed by atoms with E-state index in [9.17, 15) is 14.4 Å². The van der Waals surface area contributed by atoms with Gasteiger partial charge in [-0.05, 0) is 68.2 Å². The predicted molar refractivity (Wildman–Crippen MR) is 103 cm³/mol. The third-order valence-corrected chi connectivity index (χ3v) is 6.63. The van der Waals surface area contributed by atoms with Crippen LogP contribution in [0.2, 0.25) is 0 Å². The fourth-order valence-electron chi connectivity index (χ4n) is 4.79. The number of fused-ring (bicyclic) bond motifs is 1. The summed E-state index contributed by atoms with van der Waals surface area (Å²) in [6.07, 6.45) is 4.70. The molecule has 0 radical (unpaired) electrons. The fourth-order valence-corrected chi connectivity index (χ4v) is 4.79. The van der Waals surface area contributed by atoms with Crippen LogP contribution >= 0.6 is 0 Å². The van der Waals surface area contributed by atoms with Crippen molar-refractivity contribution in [3.63, 3.8) is 0 Å². The molecule has 0 bridgehead atoms. The van der Waals surface area contributed by atoms with Crippen molar-refractivity contribution in [3.05, 3.63) is 29.8 Å².